The molecule has 194 valence electrons. The molecule has 3 aromatic carbocycles. The molecule has 0 unspecified atom stereocenters. The summed E-state index contributed by atoms with van der Waals surface area (Å²) >= 11 is 1.38. The van der Waals surface area contributed by atoms with Crippen LogP contribution in [-0.2, 0) is 6.61 Å². The summed E-state index contributed by atoms with van der Waals surface area (Å²) in [4.78, 5) is 0.828. The number of thioether (sulfide) groups is 1. The molecule has 1 aliphatic rings. The molecule has 10 nitrogen and oxygen atoms in total. The van der Waals surface area contributed by atoms with Gasteiger partial charge in [-0.3, -0.25) is 0 Å². The number of fused-ring (bicyclic) bond motifs is 1. The van der Waals surface area contributed by atoms with Crippen LogP contribution >= 0.6 is 11.8 Å². The van der Waals surface area contributed by atoms with Crippen molar-refractivity contribution in [3.8, 4) is 23.1 Å². The smallest absolute Gasteiger partial charge is 0.290 e. The molecule has 0 N–H and O–H groups in total. The van der Waals surface area contributed by atoms with Gasteiger partial charge in [0.05, 0.1) is 12.4 Å². The summed E-state index contributed by atoms with van der Waals surface area (Å²) in [5.74, 6) is 0.976. The third-order valence-electron chi connectivity index (χ3n) is 5.97. The van der Waals surface area contributed by atoms with Gasteiger partial charge in [0.15, 0.2) is 29.0 Å². The fraction of sp³-hybridized carbons (Fsp3) is 0.107. The first-order valence-electron chi connectivity index (χ1n) is 12.0. The van der Waals surface area contributed by atoms with Crippen LogP contribution in [0.4, 0.5) is 0 Å². The van der Waals surface area contributed by atoms with Gasteiger partial charge in [-0.05, 0) is 47.1 Å². The van der Waals surface area contributed by atoms with Crippen molar-refractivity contribution in [3.05, 3.63) is 108 Å². The molecule has 0 saturated carbocycles. The molecule has 1 aliphatic heterocycles. The summed E-state index contributed by atoms with van der Waals surface area (Å²) in [5, 5.41) is 31.1. The zero-order valence-electron chi connectivity index (χ0n) is 21.0. The molecular weight excluding hydrogens is 516 g/mol. The highest BCUT2D eigenvalue weighted by Crippen LogP contribution is 2.36. The zero-order valence-corrected chi connectivity index (χ0v) is 21.8. The van der Waals surface area contributed by atoms with Crippen LogP contribution in [0.5, 0.6) is 17.4 Å². The summed E-state index contributed by atoms with van der Waals surface area (Å²) in [7, 11) is 1.58. The number of hydrogen-bond donors (Lipinski definition) is 0. The van der Waals surface area contributed by atoms with E-state index in [4.69, 9.17) is 19.1 Å². The molecular formula is C28H22N6O4S. The first-order valence-corrected chi connectivity index (χ1v) is 12.8. The first kappa shape index (κ1) is 24.4. The lowest BCUT2D eigenvalue weighted by Crippen LogP contribution is -2.39. The van der Waals surface area contributed by atoms with Gasteiger partial charge in [0, 0.05) is 17.0 Å². The van der Waals surface area contributed by atoms with E-state index in [2.05, 4.69) is 15.5 Å². The van der Waals surface area contributed by atoms with Gasteiger partial charge in [0.1, 0.15) is 6.61 Å². The number of methoxy groups -OCH3 is 1. The van der Waals surface area contributed by atoms with Crippen molar-refractivity contribution in [2.45, 2.75) is 18.7 Å². The van der Waals surface area contributed by atoms with Crippen molar-refractivity contribution in [1.82, 2.24) is 20.1 Å². The number of para-hydroxylation sites is 2. The summed E-state index contributed by atoms with van der Waals surface area (Å²) in [5.41, 5.74) is 3.19. The number of allylic oxidation sites excluding steroid dienone is 1. The van der Waals surface area contributed by atoms with Crippen molar-refractivity contribution in [2.24, 2.45) is 5.10 Å². The van der Waals surface area contributed by atoms with E-state index in [1.54, 1.807) is 11.8 Å². The Labute approximate surface area is 227 Å². The van der Waals surface area contributed by atoms with Crippen LogP contribution in [-0.4, -0.2) is 33.0 Å². The number of aromatic nitrogens is 5. The Hall–Kier alpha value is -4.90. The Morgan fingerprint density at radius 2 is 1.69 bits per heavy atom. The van der Waals surface area contributed by atoms with Crippen LogP contribution in [0, 0.1) is 6.92 Å². The van der Waals surface area contributed by atoms with Crippen LogP contribution in [0.2, 0.25) is 0 Å². The van der Waals surface area contributed by atoms with Crippen LogP contribution < -0.4 is 19.3 Å². The van der Waals surface area contributed by atoms with Gasteiger partial charge in [-0.1, -0.05) is 60.2 Å². The largest absolute Gasteiger partial charge is 0.539 e. The first-order chi connectivity index (χ1) is 19.1. The maximum absolute atomic E-state index is 13.0. The maximum Gasteiger partial charge on any atom is 0.290 e. The fourth-order valence-electron chi connectivity index (χ4n) is 4.00. The molecule has 0 bridgehead atoms. The van der Waals surface area contributed by atoms with Crippen LogP contribution in [0.1, 0.15) is 22.6 Å². The number of rotatable bonds is 7. The molecule has 0 radical (unpaired) electrons. The molecule has 6 rings (SSSR count). The fourth-order valence-corrected chi connectivity index (χ4v) is 4.94. The Balaban J connectivity index is 1.46. The quantitative estimate of drug-likeness (QED) is 0.287. The molecule has 5 aromatic rings. The van der Waals surface area contributed by atoms with E-state index in [1.165, 1.54) is 16.4 Å². The Kier molecular flexibility index (Phi) is 6.55. The molecule has 11 heteroatoms. The average molecular weight is 539 g/mol. The lowest BCUT2D eigenvalue weighted by atomic mass is 10.1. The highest BCUT2D eigenvalue weighted by molar-refractivity contribution is 8.08. The Bertz CT molecular complexity index is 1690. The van der Waals surface area contributed by atoms with Gasteiger partial charge in [-0.15, -0.1) is 10.2 Å². The lowest BCUT2D eigenvalue weighted by Gasteiger charge is -2.10. The van der Waals surface area contributed by atoms with Gasteiger partial charge in [-0.25, -0.2) is 0 Å². The third-order valence-corrected chi connectivity index (χ3v) is 6.98. The third kappa shape index (κ3) is 4.87. The summed E-state index contributed by atoms with van der Waals surface area (Å²) in [6.07, 6.45) is 1.83. The molecule has 2 aromatic heterocycles. The van der Waals surface area contributed by atoms with Crippen molar-refractivity contribution in [1.29, 1.82) is 0 Å². The molecule has 0 amide bonds. The topological polar surface area (TPSA) is 114 Å². The second-order valence-corrected chi connectivity index (χ2v) is 9.58. The number of hydrogen-bond acceptors (Lipinski definition) is 9. The van der Waals surface area contributed by atoms with Crippen molar-refractivity contribution in [3.63, 3.8) is 0 Å². The molecule has 3 heterocycles. The molecule has 0 spiro atoms. The zero-order chi connectivity index (χ0) is 26.8. The number of benzene rings is 3. The van der Waals surface area contributed by atoms with E-state index in [1.807, 2.05) is 91.9 Å². The molecule has 0 saturated heterocycles. The minimum atomic E-state index is -0.619. The lowest BCUT2D eigenvalue weighted by molar-refractivity contribution is -0.671. The minimum absolute atomic E-state index is 0.0667. The maximum atomic E-state index is 13.0. The van der Waals surface area contributed by atoms with E-state index < -0.39 is 5.95 Å². The van der Waals surface area contributed by atoms with Gasteiger partial charge in [0.25, 0.3) is 5.69 Å². The molecule has 0 aliphatic carbocycles. The Morgan fingerprint density at radius 3 is 2.46 bits per heavy atom. The predicted octanol–water partition coefficient (Wildman–Crippen LogP) is 3.91. The minimum Gasteiger partial charge on any atom is -0.539 e. The number of aryl methyl sites for hydroxylation is 1. The number of ether oxygens (including phenoxy) is 2. The second-order valence-electron chi connectivity index (χ2n) is 8.57. The predicted molar refractivity (Wildman–Crippen MR) is 142 cm³/mol. The van der Waals surface area contributed by atoms with E-state index in [0.29, 0.717) is 33.9 Å². The Morgan fingerprint density at radius 1 is 0.949 bits per heavy atom. The van der Waals surface area contributed by atoms with Gasteiger partial charge in [0.2, 0.25) is 10.8 Å². The van der Waals surface area contributed by atoms with Crippen LogP contribution in [0.15, 0.2) is 99.7 Å². The SMILES string of the molecule is COc1ccccc1OCc1nnc2n1N=C(c1c([O-])on[n+]1-c1ccc(C)cc1)C=C(c1ccccc1)S2. The van der Waals surface area contributed by atoms with E-state index in [0.717, 1.165) is 16.0 Å². The highest BCUT2D eigenvalue weighted by atomic mass is 32.2. The van der Waals surface area contributed by atoms with E-state index >= 15 is 0 Å². The summed E-state index contributed by atoms with van der Waals surface area (Å²) in [6.45, 7) is 2.05. The standard InChI is InChI=1S/C28H22N6O4S/c1-18-12-14-20(15-13-18)33-26(27(35)38-32-33)21-16-24(19-8-4-3-5-9-19)39-28-30-29-25(34(28)31-21)17-37-23-11-7-6-10-22(23)36-2/h3-16H,17H2,1-2H3. The second kappa shape index (κ2) is 10.5. The molecule has 0 fully saturated rings. The highest BCUT2D eigenvalue weighted by Gasteiger charge is 2.29. The summed E-state index contributed by atoms with van der Waals surface area (Å²) < 4.78 is 19.5. The van der Waals surface area contributed by atoms with Gasteiger partial charge >= 0.3 is 0 Å². The molecule has 39 heavy (non-hydrogen) atoms. The van der Waals surface area contributed by atoms with Gasteiger partial charge < -0.3 is 19.1 Å². The van der Waals surface area contributed by atoms with Crippen molar-refractivity contribution < 1.29 is 23.8 Å². The van der Waals surface area contributed by atoms with Crippen molar-refractivity contribution in [2.75, 3.05) is 7.11 Å². The van der Waals surface area contributed by atoms with Crippen molar-refractivity contribution >= 4 is 22.4 Å². The van der Waals surface area contributed by atoms with E-state index in [9.17, 15) is 5.11 Å². The van der Waals surface area contributed by atoms with Crippen LogP contribution in [0.3, 0.4) is 0 Å². The van der Waals surface area contributed by atoms with Gasteiger partial charge in [-0.2, -0.15) is 9.78 Å². The monoisotopic (exact) mass is 538 g/mol. The van der Waals surface area contributed by atoms with Crippen LogP contribution in [0.25, 0.3) is 10.6 Å². The van der Waals surface area contributed by atoms with E-state index in [-0.39, 0.29) is 12.3 Å². The molecule has 0 atom stereocenters. The normalized spacial score (nSPS) is 12.8. The number of nitrogens with zero attached hydrogens (tertiary/aromatic N) is 6. The average Bonchev–Trinajstić information content (AvgIpc) is 3.48. The summed E-state index contributed by atoms with van der Waals surface area (Å²) in [6, 6.07) is 24.7.